The molecule has 0 bridgehead atoms. The van der Waals surface area contributed by atoms with E-state index in [1.54, 1.807) is 0 Å². The van der Waals surface area contributed by atoms with Crippen molar-refractivity contribution in [1.82, 2.24) is 9.97 Å². The first kappa shape index (κ1) is 11.7. The Labute approximate surface area is 112 Å². The molecule has 3 N–H and O–H groups in total. The Morgan fingerprint density at radius 1 is 0.842 bits per heavy atom. The van der Waals surface area contributed by atoms with E-state index in [9.17, 15) is 0 Å². The molecule has 2 aromatic carbocycles. The largest absolute Gasteiger partial charge is 0.340 e. The summed E-state index contributed by atoms with van der Waals surface area (Å²) in [5.41, 5.74) is 9.88. The molecule has 1 heterocycles. The highest BCUT2D eigenvalue weighted by molar-refractivity contribution is 5.78. The van der Waals surface area contributed by atoms with Crippen LogP contribution in [0.2, 0.25) is 0 Å². The van der Waals surface area contributed by atoms with Crippen molar-refractivity contribution in [2.24, 2.45) is 5.73 Å². The quantitative estimate of drug-likeness (QED) is 0.749. The van der Waals surface area contributed by atoms with Crippen LogP contribution in [0.1, 0.15) is 5.82 Å². The zero-order chi connectivity index (χ0) is 13.1. The van der Waals surface area contributed by atoms with Gasteiger partial charge in [0, 0.05) is 11.1 Å². The van der Waals surface area contributed by atoms with Crippen LogP contribution in [-0.4, -0.2) is 9.97 Å². The van der Waals surface area contributed by atoms with Crippen molar-refractivity contribution in [2.75, 3.05) is 0 Å². The van der Waals surface area contributed by atoms with Crippen molar-refractivity contribution >= 4 is 0 Å². The molecule has 3 heteroatoms. The predicted octanol–water partition coefficient (Wildman–Crippen LogP) is 3.20. The summed E-state index contributed by atoms with van der Waals surface area (Å²) in [6.45, 7) is 0.409. The van der Waals surface area contributed by atoms with Gasteiger partial charge in [0.2, 0.25) is 0 Å². The molecular weight excluding hydrogens is 234 g/mol. The first-order valence-corrected chi connectivity index (χ1v) is 6.28. The van der Waals surface area contributed by atoms with E-state index < -0.39 is 0 Å². The zero-order valence-electron chi connectivity index (χ0n) is 10.5. The molecule has 0 aliphatic carbocycles. The molecule has 0 aliphatic rings. The minimum absolute atomic E-state index is 0.409. The molecule has 0 atom stereocenters. The monoisotopic (exact) mass is 249 g/mol. The van der Waals surface area contributed by atoms with Gasteiger partial charge in [0.1, 0.15) is 5.82 Å². The Morgan fingerprint density at radius 2 is 1.42 bits per heavy atom. The Bertz CT molecular complexity index is 600. The smallest absolute Gasteiger partial charge is 0.121 e. The second-order valence-electron chi connectivity index (χ2n) is 4.34. The van der Waals surface area contributed by atoms with Crippen molar-refractivity contribution in [2.45, 2.75) is 6.54 Å². The van der Waals surface area contributed by atoms with Gasteiger partial charge in [-0.2, -0.15) is 0 Å². The standard InChI is InChI=1S/C16H15N3/c17-11-14-18-15(12-7-3-1-4-8-12)16(19-14)13-9-5-2-6-10-13/h1-10H,11,17H2,(H,18,19). The number of hydrogen-bond donors (Lipinski definition) is 2. The maximum absolute atomic E-state index is 5.69. The van der Waals surface area contributed by atoms with Crippen molar-refractivity contribution in [3.8, 4) is 22.5 Å². The lowest BCUT2D eigenvalue weighted by Crippen LogP contribution is -1.97. The minimum atomic E-state index is 0.409. The van der Waals surface area contributed by atoms with Crippen LogP contribution < -0.4 is 5.73 Å². The van der Waals surface area contributed by atoms with Crippen molar-refractivity contribution in [3.05, 3.63) is 66.5 Å². The van der Waals surface area contributed by atoms with Gasteiger partial charge in [-0.25, -0.2) is 4.98 Å². The molecule has 0 unspecified atom stereocenters. The average molecular weight is 249 g/mol. The summed E-state index contributed by atoms with van der Waals surface area (Å²) >= 11 is 0. The van der Waals surface area contributed by atoms with Gasteiger partial charge in [-0.05, 0) is 0 Å². The van der Waals surface area contributed by atoms with Gasteiger partial charge in [-0.1, -0.05) is 60.7 Å². The van der Waals surface area contributed by atoms with E-state index in [1.807, 2.05) is 36.4 Å². The van der Waals surface area contributed by atoms with Crippen molar-refractivity contribution < 1.29 is 0 Å². The molecule has 94 valence electrons. The zero-order valence-corrected chi connectivity index (χ0v) is 10.5. The van der Waals surface area contributed by atoms with Gasteiger partial charge in [-0.15, -0.1) is 0 Å². The lowest BCUT2D eigenvalue weighted by molar-refractivity contribution is 0.951. The number of imidazole rings is 1. The Morgan fingerprint density at radius 3 is 2.00 bits per heavy atom. The number of nitrogens with one attached hydrogen (secondary N) is 1. The van der Waals surface area contributed by atoms with Crippen LogP contribution >= 0.6 is 0 Å². The first-order valence-electron chi connectivity index (χ1n) is 6.28. The Balaban J connectivity index is 2.17. The van der Waals surface area contributed by atoms with Gasteiger partial charge in [0.05, 0.1) is 17.9 Å². The number of hydrogen-bond acceptors (Lipinski definition) is 2. The molecule has 0 amide bonds. The molecule has 0 saturated carbocycles. The Kier molecular flexibility index (Phi) is 3.12. The van der Waals surface area contributed by atoms with Gasteiger partial charge >= 0.3 is 0 Å². The maximum atomic E-state index is 5.69. The number of nitrogens with zero attached hydrogens (tertiary/aromatic N) is 1. The summed E-state index contributed by atoms with van der Waals surface area (Å²) in [5.74, 6) is 0.803. The molecule has 19 heavy (non-hydrogen) atoms. The highest BCUT2D eigenvalue weighted by Crippen LogP contribution is 2.29. The highest BCUT2D eigenvalue weighted by Gasteiger charge is 2.12. The van der Waals surface area contributed by atoms with Crippen LogP contribution in [0.5, 0.6) is 0 Å². The fourth-order valence-electron chi connectivity index (χ4n) is 2.14. The summed E-state index contributed by atoms with van der Waals surface area (Å²) < 4.78 is 0. The molecule has 0 radical (unpaired) electrons. The van der Waals surface area contributed by atoms with Crippen molar-refractivity contribution in [3.63, 3.8) is 0 Å². The van der Waals surface area contributed by atoms with E-state index in [0.29, 0.717) is 6.54 Å². The normalized spacial score (nSPS) is 10.6. The number of aromatic nitrogens is 2. The second-order valence-corrected chi connectivity index (χ2v) is 4.34. The number of aromatic amines is 1. The number of rotatable bonds is 3. The van der Waals surface area contributed by atoms with Crippen LogP contribution in [0, 0.1) is 0 Å². The maximum Gasteiger partial charge on any atom is 0.121 e. The molecule has 0 aliphatic heterocycles. The van der Waals surface area contributed by atoms with Crippen LogP contribution in [0.15, 0.2) is 60.7 Å². The highest BCUT2D eigenvalue weighted by atomic mass is 15.0. The summed E-state index contributed by atoms with van der Waals surface area (Å²) in [4.78, 5) is 7.90. The van der Waals surface area contributed by atoms with Gasteiger partial charge in [-0.3, -0.25) is 0 Å². The summed E-state index contributed by atoms with van der Waals surface area (Å²) in [5, 5.41) is 0. The summed E-state index contributed by atoms with van der Waals surface area (Å²) in [7, 11) is 0. The van der Waals surface area contributed by atoms with Gasteiger partial charge in [0.25, 0.3) is 0 Å². The third-order valence-electron chi connectivity index (χ3n) is 3.06. The topological polar surface area (TPSA) is 54.7 Å². The Hall–Kier alpha value is -2.39. The third kappa shape index (κ3) is 2.28. The van der Waals surface area contributed by atoms with Crippen LogP contribution in [0.25, 0.3) is 22.5 Å². The van der Waals surface area contributed by atoms with Gasteiger partial charge in [0.15, 0.2) is 0 Å². The van der Waals surface area contributed by atoms with Crippen LogP contribution in [-0.2, 0) is 6.54 Å². The molecule has 0 saturated heterocycles. The molecule has 3 rings (SSSR count). The van der Waals surface area contributed by atoms with Crippen LogP contribution in [0.3, 0.4) is 0 Å². The lowest BCUT2D eigenvalue weighted by atomic mass is 10.1. The third-order valence-corrected chi connectivity index (χ3v) is 3.06. The predicted molar refractivity (Wildman–Crippen MR) is 77.4 cm³/mol. The van der Waals surface area contributed by atoms with Crippen molar-refractivity contribution in [1.29, 1.82) is 0 Å². The number of benzene rings is 2. The lowest BCUT2D eigenvalue weighted by Gasteiger charge is -2.02. The summed E-state index contributed by atoms with van der Waals surface area (Å²) in [6.07, 6.45) is 0. The SMILES string of the molecule is NCc1nc(-c2ccccc2)c(-c2ccccc2)[nH]1. The van der Waals surface area contributed by atoms with Gasteiger partial charge < -0.3 is 10.7 Å². The minimum Gasteiger partial charge on any atom is -0.340 e. The molecule has 3 aromatic rings. The van der Waals surface area contributed by atoms with E-state index in [2.05, 4.69) is 34.2 Å². The number of nitrogens with two attached hydrogens (primary N) is 1. The summed E-state index contributed by atoms with van der Waals surface area (Å²) in [6, 6.07) is 20.3. The molecule has 1 aromatic heterocycles. The van der Waals surface area contributed by atoms with E-state index in [0.717, 1.165) is 28.3 Å². The average Bonchev–Trinajstić information content (AvgIpc) is 2.93. The fourth-order valence-corrected chi connectivity index (χ4v) is 2.14. The molecule has 3 nitrogen and oxygen atoms in total. The molecule has 0 spiro atoms. The van der Waals surface area contributed by atoms with E-state index in [4.69, 9.17) is 5.73 Å². The fraction of sp³-hybridized carbons (Fsp3) is 0.0625. The number of H-pyrrole nitrogens is 1. The molecular formula is C16H15N3. The van der Waals surface area contributed by atoms with E-state index in [-0.39, 0.29) is 0 Å². The van der Waals surface area contributed by atoms with E-state index >= 15 is 0 Å². The first-order chi connectivity index (χ1) is 9.38. The van der Waals surface area contributed by atoms with E-state index in [1.165, 1.54) is 0 Å². The van der Waals surface area contributed by atoms with Crippen LogP contribution in [0.4, 0.5) is 0 Å². The molecule has 0 fully saturated rings. The second kappa shape index (κ2) is 5.08.